The van der Waals surface area contributed by atoms with Gasteiger partial charge in [-0.2, -0.15) is 4.98 Å². The van der Waals surface area contributed by atoms with Crippen molar-refractivity contribution < 1.29 is 4.74 Å². The topological polar surface area (TPSA) is 59.9 Å². The summed E-state index contributed by atoms with van der Waals surface area (Å²) in [6.45, 7) is 0. The molecule has 1 aliphatic heterocycles. The smallest absolute Gasteiger partial charge is 0.247 e. The molecule has 0 saturated heterocycles. The molecule has 1 N–H and O–H groups in total. The highest BCUT2D eigenvalue weighted by molar-refractivity contribution is 9.10. The largest absolute Gasteiger partial charge is 0.448 e. The third-order valence-corrected chi connectivity index (χ3v) is 6.10. The fourth-order valence-electron chi connectivity index (χ4n) is 3.25. The Morgan fingerprint density at radius 3 is 2.63 bits per heavy atom. The van der Waals surface area contributed by atoms with Crippen molar-refractivity contribution in [3.63, 3.8) is 0 Å². The van der Waals surface area contributed by atoms with Crippen molar-refractivity contribution in [1.29, 1.82) is 0 Å². The number of benzene rings is 3. The maximum absolute atomic E-state index is 6.31. The average Bonchev–Trinajstić information content (AvgIpc) is 2.95. The Bertz CT molecular complexity index is 1190. The summed E-state index contributed by atoms with van der Waals surface area (Å²) in [5, 5.41) is 12.9. The minimum Gasteiger partial charge on any atom is -0.448 e. The van der Waals surface area contributed by atoms with E-state index in [4.69, 9.17) is 9.72 Å². The molecule has 7 heteroatoms. The van der Waals surface area contributed by atoms with Gasteiger partial charge in [-0.1, -0.05) is 88.4 Å². The van der Waals surface area contributed by atoms with Gasteiger partial charge in [0.15, 0.2) is 11.9 Å². The lowest BCUT2D eigenvalue weighted by Gasteiger charge is -2.19. The molecule has 3 aromatic carbocycles. The van der Waals surface area contributed by atoms with Gasteiger partial charge in [0.1, 0.15) is 0 Å². The molecule has 5 nitrogen and oxygen atoms in total. The third kappa shape index (κ3) is 4.04. The number of thioether (sulfide) groups is 1. The van der Waals surface area contributed by atoms with Gasteiger partial charge >= 0.3 is 0 Å². The van der Waals surface area contributed by atoms with Gasteiger partial charge in [-0.3, -0.25) is 0 Å². The number of hydrogen-bond donors (Lipinski definition) is 1. The molecule has 0 saturated carbocycles. The standard InChI is InChI=1S/C23H17BrN4OS/c24-17-10-6-9-16(13-17)21-25-19-12-5-4-11-18(19)20-22(29-21)26-23(28-27-20)30-14-15-7-2-1-3-8-15/h1-13,21,25H,14H2. The second-order valence-electron chi connectivity index (χ2n) is 6.77. The molecule has 1 atom stereocenters. The molecule has 0 amide bonds. The van der Waals surface area contributed by atoms with E-state index >= 15 is 0 Å². The summed E-state index contributed by atoms with van der Waals surface area (Å²) in [4.78, 5) is 4.70. The number of anilines is 1. The van der Waals surface area contributed by atoms with Gasteiger partial charge < -0.3 is 10.1 Å². The highest BCUT2D eigenvalue weighted by Crippen LogP contribution is 2.39. The molecule has 148 valence electrons. The van der Waals surface area contributed by atoms with Gasteiger partial charge in [-0.05, 0) is 23.8 Å². The third-order valence-electron chi connectivity index (χ3n) is 4.70. The summed E-state index contributed by atoms with van der Waals surface area (Å²) in [5.41, 5.74) is 4.69. The van der Waals surface area contributed by atoms with Crippen molar-refractivity contribution in [2.45, 2.75) is 17.1 Å². The van der Waals surface area contributed by atoms with Crippen molar-refractivity contribution in [2.75, 3.05) is 5.32 Å². The predicted octanol–water partition coefficient (Wildman–Crippen LogP) is 6.10. The summed E-state index contributed by atoms with van der Waals surface area (Å²) in [6, 6.07) is 26.2. The Balaban J connectivity index is 1.51. The van der Waals surface area contributed by atoms with Gasteiger partial charge in [0.05, 0.1) is 0 Å². The van der Waals surface area contributed by atoms with E-state index in [1.165, 1.54) is 5.56 Å². The van der Waals surface area contributed by atoms with Crippen molar-refractivity contribution in [3.8, 4) is 17.1 Å². The lowest BCUT2D eigenvalue weighted by atomic mass is 10.1. The van der Waals surface area contributed by atoms with Crippen LogP contribution in [0.1, 0.15) is 17.4 Å². The van der Waals surface area contributed by atoms with E-state index in [9.17, 15) is 0 Å². The summed E-state index contributed by atoms with van der Waals surface area (Å²) in [7, 11) is 0. The van der Waals surface area contributed by atoms with Crippen molar-refractivity contribution >= 4 is 33.4 Å². The molecule has 1 aromatic heterocycles. The number of rotatable bonds is 4. The quantitative estimate of drug-likeness (QED) is 0.359. The first kappa shape index (κ1) is 19.1. The highest BCUT2D eigenvalue weighted by atomic mass is 79.9. The first-order valence-electron chi connectivity index (χ1n) is 9.46. The molecular weight excluding hydrogens is 460 g/mol. The number of nitrogens with zero attached hydrogens (tertiary/aromatic N) is 3. The first-order valence-corrected chi connectivity index (χ1v) is 11.2. The summed E-state index contributed by atoms with van der Waals surface area (Å²) < 4.78 is 7.30. The second-order valence-corrected chi connectivity index (χ2v) is 8.62. The van der Waals surface area contributed by atoms with E-state index in [-0.39, 0.29) is 0 Å². The molecular formula is C23H17BrN4OS. The van der Waals surface area contributed by atoms with Crippen LogP contribution >= 0.6 is 27.7 Å². The van der Waals surface area contributed by atoms with E-state index in [0.29, 0.717) is 16.7 Å². The zero-order chi connectivity index (χ0) is 20.3. The molecule has 0 radical (unpaired) electrons. The van der Waals surface area contributed by atoms with E-state index in [0.717, 1.165) is 27.0 Å². The number of halogens is 1. The summed E-state index contributed by atoms with van der Waals surface area (Å²) in [6.07, 6.45) is -0.395. The van der Waals surface area contributed by atoms with Crippen molar-refractivity contribution in [2.24, 2.45) is 0 Å². The average molecular weight is 477 g/mol. The Hall–Kier alpha value is -2.90. The lowest BCUT2D eigenvalue weighted by Crippen LogP contribution is -2.17. The number of fused-ring (bicyclic) bond motifs is 3. The Kier molecular flexibility index (Phi) is 5.38. The van der Waals surface area contributed by atoms with Crippen LogP contribution in [-0.4, -0.2) is 15.2 Å². The number of nitrogens with one attached hydrogen (secondary N) is 1. The molecule has 1 unspecified atom stereocenters. The van der Waals surface area contributed by atoms with Crippen LogP contribution in [0.4, 0.5) is 5.69 Å². The fourth-order valence-corrected chi connectivity index (χ4v) is 4.40. The normalized spacial score (nSPS) is 14.6. The minimum atomic E-state index is -0.395. The molecule has 4 aromatic rings. The molecule has 30 heavy (non-hydrogen) atoms. The van der Waals surface area contributed by atoms with Gasteiger partial charge in [-0.25, -0.2) is 0 Å². The lowest BCUT2D eigenvalue weighted by molar-refractivity contribution is 0.225. The van der Waals surface area contributed by atoms with Crippen LogP contribution in [0.2, 0.25) is 0 Å². The number of hydrogen-bond acceptors (Lipinski definition) is 6. The van der Waals surface area contributed by atoms with Gasteiger partial charge in [0.25, 0.3) is 0 Å². The van der Waals surface area contributed by atoms with Crippen LogP contribution in [0, 0.1) is 0 Å². The molecule has 2 heterocycles. The van der Waals surface area contributed by atoms with E-state index < -0.39 is 6.23 Å². The van der Waals surface area contributed by atoms with E-state index in [2.05, 4.69) is 43.6 Å². The number of aromatic nitrogens is 3. The highest BCUT2D eigenvalue weighted by Gasteiger charge is 2.26. The van der Waals surface area contributed by atoms with Crippen LogP contribution in [0.5, 0.6) is 5.88 Å². The minimum absolute atomic E-state index is 0.395. The van der Waals surface area contributed by atoms with Crippen LogP contribution in [0.3, 0.4) is 0 Å². The van der Waals surface area contributed by atoms with Crippen LogP contribution < -0.4 is 10.1 Å². The van der Waals surface area contributed by atoms with Gasteiger partial charge in [-0.15, -0.1) is 10.2 Å². The zero-order valence-electron chi connectivity index (χ0n) is 15.8. The van der Waals surface area contributed by atoms with Crippen LogP contribution in [0.15, 0.2) is 88.5 Å². The molecule has 0 spiro atoms. The number of para-hydroxylation sites is 1. The van der Waals surface area contributed by atoms with Crippen LogP contribution in [0.25, 0.3) is 11.3 Å². The fraction of sp³-hybridized carbons (Fsp3) is 0.0870. The van der Waals surface area contributed by atoms with Gasteiger partial charge in [0, 0.05) is 27.0 Å². The Labute approximate surface area is 187 Å². The Morgan fingerprint density at radius 2 is 1.77 bits per heavy atom. The predicted molar refractivity (Wildman–Crippen MR) is 122 cm³/mol. The second kappa shape index (κ2) is 8.45. The monoisotopic (exact) mass is 476 g/mol. The molecule has 0 bridgehead atoms. The summed E-state index contributed by atoms with van der Waals surface area (Å²) >= 11 is 5.08. The molecule has 0 fully saturated rings. The summed E-state index contributed by atoms with van der Waals surface area (Å²) in [5.74, 6) is 1.24. The first-order chi connectivity index (χ1) is 14.8. The van der Waals surface area contributed by atoms with Crippen molar-refractivity contribution in [3.05, 3.63) is 94.5 Å². The molecule has 5 rings (SSSR count). The van der Waals surface area contributed by atoms with E-state index in [1.54, 1.807) is 11.8 Å². The molecule has 0 aliphatic carbocycles. The van der Waals surface area contributed by atoms with Crippen LogP contribution in [-0.2, 0) is 5.75 Å². The van der Waals surface area contributed by atoms with E-state index in [1.807, 2.05) is 66.7 Å². The Morgan fingerprint density at radius 1 is 0.933 bits per heavy atom. The number of ether oxygens (including phenoxy) is 1. The zero-order valence-corrected chi connectivity index (χ0v) is 18.2. The maximum Gasteiger partial charge on any atom is 0.247 e. The van der Waals surface area contributed by atoms with Gasteiger partial charge in [0.2, 0.25) is 11.0 Å². The van der Waals surface area contributed by atoms with Crippen molar-refractivity contribution in [1.82, 2.24) is 15.2 Å². The molecule has 1 aliphatic rings. The maximum atomic E-state index is 6.31. The SMILES string of the molecule is Brc1cccc(C2Nc3ccccc3-c3nnc(SCc4ccccc4)nc3O2)c1.